The van der Waals surface area contributed by atoms with Crippen LogP contribution in [0.5, 0.6) is 11.5 Å². The number of methoxy groups -OCH3 is 1. The topological polar surface area (TPSA) is 38.7 Å². The van der Waals surface area contributed by atoms with E-state index in [2.05, 4.69) is 6.92 Å². The van der Waals surface area contributed by atoms with Crippen molar-refractivity contribution in [3.05, 3.63) is 23.8 Å². The number of benzene rings is 1. The molecule has 1 N–H and O–H groups in total. The van der Waals surface area contributed by atoms with Crippen molar-refractivity contribution in [2.24, 2.45) is 5.92 Å². The lowest BCUT2D eigenvalue weighted by Crippen LogP contribution is -2.44. The highest BCUT2D eigenvalue weighted by atomic mass is 16.5. The van der Waals surface area contributed by atoms with E-state index < -0.39 is 6.10 Å². The summed E-state index contributed by atoms with van der Waals surface area (Å²) in [5.74, 6) is 2.44. The maximum Gasteiger partial charge on any atom is 0.126 e. The molecule has 0 radical (unpaired) electrons. The van der Waals surface area contributed by atoms with Crippen molar-refractivity contribution in [2.75, 3.05) is 7.11 Å². The van der Waals surface area contributed by atoms with E-state index in [1.165, 1.54) is 19.3 Å². The molecule has 0 aromatic heterocycles. The summed E-state index contributed by atoms with van der Waals surface area (Å²) in [6, 6.07) is 5.73. The third-order valence-electron chi connectivity index (χ3n) is 5.06. The Kier molecular flexibility index (Phi) is 3.63. The van der Waals surface area contributed by atoms with Crippen molar-refractivity contribution in [3.8, 4) is 11.5 Å². The fourth-order valence-electron chi connectivity index (χ4n) is 3.66. The van der Waals surface area contributed by atoms with Gasteiger partial charge in [-0.15, -0.1) is 0 Å². The molecule has 110 valence electrons. The van der Waals surface area contributed by atoms with E-state index in [1.807, 2.05) is 18.2 Å². The van der Waals surface area contributed by atoms with Crippen LogP contribution in [0.1, 0.15) is 57.1 Å². The van der Waals surface area contributed by atoms with E-state index in [1.54, 1.807) is 7.11 Å². The molecule has 1 saturated carbocycles. The fourth-order valence-corrected chi connectivity index (χ4v) is 3.66. The smallest absolute Gasteiger partial charge is 0.126 e. The first-order valence-electron chi connectivity index (χ1n) is 7.71. The maximum absolute atomic E-state index is 10.5. The Morgan fingerprint density at radius 3 is 2.75 bits per heavy atom. The molecule has 1 aliphatic heterocycles. The molecule has 0 amide bonds. The Labute approximate surface area is 120 Å². The molecule has 1 atom stereocenters. The molecule has 1 heterocycles. The zero-order valence-electron chi connectivity index (χ0n) is 12.4. The summed E-state index contributed by atoms with van der Waals surface area (Å²) in [6.07, 6.45) is 6.09. The van der Waals surface area contributed by atoms with Gasteiger partial charge in [0.2, 0.25) is 0 Å². The number of hydrogen-bond acceptors (Lipinski definition) is 3. The van der Waals surface area contributed by atoms with Crippen molar-refractivity contribution in [3.63, 3.8) is 0 Å². The minimum absolute atomic E-state index is 0.146. The molecule has 20 heavy (non-hydrogen) atoms. The van der Waals surface area contributed by atoms with Gasteiger partial charge < -0.3 is 14.6 Å². The van der Waals surface area contributed by atoms with Crippen LogP contribution in [0.4, 0.5) is 0 Å². The number of hydrogen-bond donors (Lipinski definition) is 1. The van der Waals surface area contributed by atoms with Gasteiger partial charge in [-0.3, -0.25) is 0 Å². The molecule has 1 aromatic rings. The van der Waals surface area contributed by atoms with Crippen molar-refractivity contribution < 1.29 is 14.6 Å². The average molecular weight is 276 g/mol. The fraction of sp³-hybridized carbons (Fsp3) is 0.647. The molecular weight excluding hydrogens is 252 g/mol. The molecule has 1 fully saturated rings. The van der Waals surface area contributed by atoms with Gasteiger partial charge in [0.05, 0.1) is 13.2 Å². The number of fused-ring (bicyclic) bond motifs is 1. The van der Waals surface area contributed by atoms with Gasteiger partial charge in [-0.1, -0.05) is 13.3 Å². The quantitative estimate of drug-likeness (QED) is 0.891. The maximum atomic E-state index is 10.5. The van der Waals surface area contributed by atoms with Crippen LogP contribution >= 0.6 is 0 Å². The molecule has 1 aliphatic carbocycles. The molecule has 0 unspecified atom stereocenters. The standard InChI is InChI=1S/C17H24O3/c1-3-12-6-8-17(9-7-12)11-15(18)14-10-13(19-2)4-5-16(14)20-17/h4-5,10,12,15,18H,3,6-9,11H2,1-2H3/t12?,15-,17?/m0/s1. The van der Waals surface area contributed by atoms with Crippen LogP contribution in [0.25, 0.3) is 0 Å². The largest absolute Gasteiger partial charge is 0.497 e. The molecule has 1 aromatic carbocycles. The summed E-state index contributed by atoms with van der Waals surface area (Å²) >= 11 is 0. The van der Waals surface area contributed by atoms with Gasteiger partial charge in [0.1, 0.15) is 17.1 Å². The number of rotatable bonds is 2. The van der Waals surface area contributed by atoms with Gasteiger partial charge in [-0.25, -0.2) is 0 Å². The monoisotopic (exact) mass is 276 g/mol. The molecule has 3 heteroatoms. The first kappa shape index (κ1) is 13.7. The molecule has 0 saturated heterocycles. The highest BCUT2D eigenvalue weighted by Gasteiger charge is 2.42. The van der Waals surface area contributed by atoms with Crippen molar-refractivity contribution in [2.45, 2.75) is 57.2 Å². The average Bonchev–Trinajstić information content (AvgIpc) is 2.48. The lowest BCUT2D eigenvalue weighted by atomic mass is 9.73. The number of aliphatic hydroxyl groups excluding tert-OH is 1. The molecule has 0 bridgehead atoms. The van der Waals surface area contributed by atoms with E-state index in [-0.39, 0.29) is 5.60 Å². The Morgan fingerprint density at radius 2 is 2.10 bits per heavy atom. The van der Waals surface area contributed by atoms with E-state index >= 15 is 0 Å². The molecule has 3 nitrogen and oxygen atoms in total. The Balaban J connectivity index is 1.82. The third-order valence-corrected chi connectivity index (χ3v) is 5.06. The van der Waals surface area contributed by atoms with E-state index in [0.717, 1.165) is 35.8 Å². The van der Waals surface area contributed by atoms with E-state index in [0.29, 0.717) is 6.42 Å². The van der Waals surface area contributed by atoms with Crippen LogP contribution < -0.4 is 9.47 Å². The Bertz CT molecular complexity index is 475. The second-order valence-corrected chi connectivity index (χ2v) is 6.26. The highest BCUT2D eigenvalue weighted by molar-refractivity contribution is 5.43. The van der Waals surface area contributed by atoms with E-state index in [9.17, 15) is 5.11 Å². The van der Waals surface area contributed by atoms with Gasteiger partial charge in [-0.05, 0) is 49.8 Å². The Hall–Kier alpha value is -1.22. The third kappa shape index (κ3) is 2.39. The van der Waals surface area contributed by atoms with Crippen LogP contribution in [0.3, 0.4) is 0 Å². The summed E-state index contributed by atoms with van der Waals surface area (Å²) in [7, 11) is 1.64. The normalized spacial score (nSPS) is 32.5. The molecule has 2 aliphatic rings. The first-order chi connectivity index (χ1) is 9.65. The summed E-state index contributed by atoms with van der Waals surface area (Å²) in [6.45, 7) is 2.26. The van der Waals surface area contributed by atoms with Crippen molar-refractivity contribution in [1.29, 1.82) is 0 Å². The van der Waals surface area contributed by atoms with Gasteiger partial charge in [0, 0.05) is 12.0 Å². The van der Waals surface area contributed by atoms with Crippen LogP contribution in [-0.4, -0.2) is 17.8 Å². The van der Waals surface area contributed by atoms with Gasteiger partial charge in [-0.2, -0.15) is 0 Å². The summed E-state index contributed by atoms with van der Waals surface area (Å²) < 4.78 is 11.5. The van der Waals surface area contributed by atoms with Gasteiger partial charge in [0.15, 0.2) is 0 Å². The second kappa shape index (κ2) is 5.28. The van der Waals surface area contributed by atoms with Crippen LogP contribution in [0.15, 0.2) is 18.2 Å². The zero-order chi connectivity index (χ0) is 14.2. The van der Waals surface area contributed by atoms with Crippen molar-refractivity contribution >= 4 is 0 Å². The second-order valence-electron chi connectivity index (χ2n) is 6.26. The Morgan fingerprint density at radius 1 is 1.35 bits per heavy atom. The van der Waals surface area contributed by atoms with Crippen LogP contribution in [0, 0.1) is 5.92 Å². The first-order valence-corrected chi connectivity index (χ1v) is 7.71. The number of ether oxygens (including phenoxy) is 2. The number of aliphatic hydroxyl groups is 1. The van der Waals surface area contributed by atoms with Gasteiger partial charge >= 0.3 is 0 Å². The van der Waals surface area contributed by atoms with Gasteiger partial charge in [0.25, 0.3) is 0 Å². The molecular formula is C17H24O3. The van der Waals surface area contributed by atoms with Crippen LogP contribution in [-0.2, 0) is 0 Å². The highest BCUT2D eigenvalue weighted by Crippen LogP contribution is 2.48. The SMILES string of the molecule is CCC1CCC2(CC1)C[C@H](O)c1cc(OC)ccc1O2. The van der Waals surface area contributed by atoms with Crippen LogP contribution in [0.2, 0.25) is 0 Å². The molecule has 3 rings (SSSR count). The zero-order valence-corrected chi connectivity index (χ0v) is 12.4. The summed E-state index contributed by atoms with van der Waals surface area (Å²) in [5.41, 5.74) is 0.722. The van der Waals surface area contributed by atoms with Crippen molar-refractivity contribution in [1.82, 2.24) is 0 Å². The summed E-state index contributed by atoms with van der Waals surface area (Å²) in [4.78, 5) is 0. The summed E-state index contributed by atoms with van der Waals surface area (Å²) in [5, 5.41) is 10.5. The minimum Gasteiger partial charge on any atom is -0.497 e. The lowest BCUT2D eigenvalue weighted by Gasteiger charge is -2.45. The predicted octanol–water partition coefficient (Wildman–Crippen LogP) is 3.85. The predicted molar refractivity (Wildman–Crippen MR) is 78.2 cm³/mol. The lowest BCUT2D eigenvalue weighted by molar-refractivity contribution is -0.0471. The minimum atomic E-state index is -0.438. The van der Waals surface area contributed by atoms with E-state index in [4.69, 9.17) is 9.47 Å². The molecule has 1 spiro atoms.